The third-order valence-corrected chi connectivity index (χ3v) is 8.00. The van der Waals surface area contributed by atoms with Crippen LogP contribution < -0.4 is 9.62 Å². The second kappa shape index (κ2) is 7.74. The van der Waals surface area contributed by atoms with E-state index in [1.54, 1.807) is 13.8 Å². The maximum absolute atomic E-state index is 13.0. The Balaban J connectivity index is 1.60. The van der Waals surface area contributed by atoms with Gasteiger partial charge in [0.25, 0.3) is 0 Å². The van der Waals surface area contributed by atoms with E-state index in [-0.39, 0.29) is 10.9 Å². The molecule has 1 fully saturated rings. The summed E-state index contributed by atoms with van der Waals surface area (Å²) in [7, 11) is -1.51. The van der Waals surface area contributed by atoms with Crippen LogP contribution in [0.15, 0.2) is 21.6 Å². The van der Waals surface area contributed by atoms with Crippen molar-refractivity contribution in [1.82, 2.24) is 14.8 Å². The lowest BCUT2D eigenvalue weighted by Gasteiger charge is -2.37. The summed E-state index contributed by atoms with van der Waals surface area (Å²) in [6, 6.07) is 4.29. The number of sulfonamides is 1. The molecule has 158 valence electrons. The number of nitrogens with zero attached hydrogens (tertiary/aromatic N) is 3. The van der Waals surface area contributed by atoms with Crippen LogP contribution in [0.1, 0.15) is 34.6 Å². The Morgan fingerprint density at radius 1 is 1.10 bits per heavy atom. The average molecular weight is 419 g/mol. The summed E-state index contributed by atoms with van der Waals surface area (Å²) in [5, 5.41) is 3.80. The van der Waals surface area contributed by atoms with E-state index in [1.807, 2.05) is 0 Å². The first-order valence-corrected chi connectivity index (χ1v) is 11.7. The number of hydrogen-bond donors (Lipinski definition) is 1. The van der Waals surface area contributed by atoms with Gasteiger partial charge in [-0.3, -0.25) is 0 Å². The van der Waals surface area contributed by atoms with Crippen LogP contribution in [0.2, 0.25) is 0 Å². The lowest BCUT2D eigenvalue weighted by atomic mass is 9.84. The van der Waals surface area contributed by atoms with Crippen molar-refractivity contribution in [2.75, 3.05) is 38.1 Å². The normalized spacial score (nSPS) is 20.7. The first kappa shape index (κ1) is 20.4. The molecule has 1 aliphatic carbocycles. The summed E-state index contributed by atoms with van der Waals surface area (Å²) in [4.78, 5) is 4.97. The molecule has 1 saturated heterocycles. The van der Waals surface area contributed by atoms with E-state index >= 15 is 0 Å². The highest BCUT2D eigenvalue weighted by molar-refractivity contribution is 7.89. The van der Waals surface area contributed by atoms with E-state index in [0.717, 1.165) is 39.0 Å². The molecule has 0 unspecified atom stereocenters. The van der Waals surface area contributed by atoms with Gasteiger partial charge in [0.15, 0.2) is 5.76 Å². The largest absolute Gasteiger partial charge is 0.369 e. The van der Waals surface area contributed by atoms with Gasteiger partial charge in [-0.05, 0) is 69.8 Å². The average Bonchev–Trinajstić information content (AvgIpc) is 3.02. The maximum Gasteiger partial charge on any atom is 0.246 e. The van der Waals surface area contributed by atoms with Crippen LogP contribution in [0, 0.1) is 20.8 Å². The van der Waals surface area contributed by atoms with E-state index in [1.165, 1.54) is 22.4 Å². The molecule has 0 spiro atoms. The zero-order chi connectivity index (χ0) is 20.8. The number of benzene rings is 1. The van der Waals surface area contributed by atoms with Crippen LogP contribution in [-0.2, 0) is 22.9 Å². The molecule has 1 atom stereocenters. The van der Waals surface area contributed by atoms with Crippen LogP contribution >= 0.6 is 0 Å². The molecule has 2 aliphatic rings. The minimum absolute atomic E-state index is 0.130. The van der Waals surface area contributed by atoms with Crippen molar-refractivity contribution < 1.29 is 12.9 Å². The lowest BCUT2D eigenvalue weighted by molar-refractivity contribution is 0.312. The fourth-order valence-electron chi connectivity index (χ4n) is 4.62. The summed E-state index contributed by atoms with van der Waals surface area (Å²) in [5.74, 6) is 0.333. The Morgan fingerprint density at radius 3 is 2.48 bits per heavy atom. The molecule has 1 aromatic heterocycles. The molecule has 0 amide bonds. The highest BCUT2D eigenvalue weighted by Gasteiger charge is 2.31. The van der Waals surface area contributed by atoms with Gasteiger partial charge in [-0.1, -0.05) is 11.2 Å². The monoisotopic (exact) mass is 418 g/mol. The van der Waals surface area contributed by atoms with Gasteiger partial charge >= 0.3 is 0 Å². The van der Waals surface area contributed by atoms with Crippen molar-refractivity contribution in [3.05, 3.63) is 40.3 Å². The first-order valence-electron chi connectivity index (χ1n) is 10.3. The number of fused-ring (bicyclic) bond motifs is 1. The summed E-state index contributed by atoms with van der Waals surface area (Å²) >= 11 is 0. The second-order valence-corrected chi connectivity index (χ2v) is 10.0. The summed E-state index contributed by atoms with van der Waals surface area (Å²) < 4.78 is 33.9. The van der Waals surface area contributed by atoms with Gasteiger partial charge in [0, 0.05) is 37.9 Å². The third kappa shape index (κ3) is 3.93. The zero-order valence-corrected chi connectivity index (χ0v) is 18.5. The number of piperazine rings is 1. The number of nitrogens with one attached hydrogen (secondary N) is 1. The number of rotatable bonds is 4. The van der Waals surface area contributed by atoms with Crippen molar-refractivity contribution in [1.29, 1.82) is 0 Å². The Hall–Kier alpha value is -1.90. The number of aromatic nitrogens is 1. The predicted molar refractivity (Wildman–Crippen MR) is 113 cm³/mol. The topological polar surface area (TPSA) is 78.7 Å². The molecule has 0 bridgehead atoms. The molecule has 1 aromatic carbocycles. The van der Waals surface area contributed by atoms with Gasteiger partial charge in [-0.2, -0.15) is 0 Å². The molecule has 2 aromatic rings. The van der Waals surface area contributed by atoms with Crippen molar-refractivity contribution >= 4 is 15.7 Å². The van der Waals surface area contributed by atoms with Gasteiger partial charge in [-0.25, -0.2) is 13.1 Å². The minimum atomic E-state index is -3.66. The van der Waals surface area contributed by atoms with E-state index in [0.29, 0.717) is 17.9 Å². The SMILES string of the molecule is Cc1ccc(N2CCN(C)CC2)c2c1CC[C@@H](NS(=O)(=O)c1c(C)noc1C)C2. The van der Waals surface area contributed by atoms with Gasteiger partial charge in [0.1, 0.15) is 10.6 Å². The number of hydrogen-bond acceptors (Lipinski definition) is 6. The molecule has 0 radical (unpaired) electrons. The van der Waals surface area contributed by atoms with E-state index < -0.39 is 10.0 Å². The van der Waals surface area contributed by atoms with Crippen molar-refractivity contribution in [2.24, 2.45) is 0 Å². The molecule has 29 heavy (non-hydrogen) atoms. The van der Waals surface area contributed by atoms with Crippen LogP contribution in [0.25, 0.3) is 0 Å². The minimum Gasteiger partial charge on any atom is -0.369 e. The van der Waals surface area contributed by atoms with E-state index in [9.17, 15) is 8.42 Å². The Labute approximate surface area is 173 Å². The molecule has 1 N–H and O–H groups in total. The second-order valence-electron chi connectivity index (χ2n) is 8.36. The molecule has 1 aliphatic heterocycles. The van der Waals surface area contributed by atoms with Crippen molar-refractivity contribution in [3.63, 3.8) is 0 Å². The van der Waals surface area contributed by atoms with Crippen molar-refractivity contribution in [3.8, 4) is 0 Å². The van der Waals surface area contributed by atoms with Crippen LogP contribution in [0.3, 0.4) is 0 Å². The quantitative estimate of drug-likeness (QED) is 0.820. The Kier molecular flexibility index (Phi) is 5.44. The molecule has 8 heteroatoms. The fourth-order valence-corrected chi connectivity index (χ4v) is 6.22. The predicted octanol–water partition coefficient (Wildman–Crippen LogP) is 2.19. The zero-order valence-electron chi connectivity index (χ0n) is 17.7. The lowest BCUT2D eigenvalue weighted by Crippen LogP contribution is -2.45. The number of anilines is 1. The molecule has 4 rings (SSSR count). The molecular weight excluding hydrogens is 388 g/mol. The first-order chi connectivity index (χ1) is 13.8. The molecule has 7 nitrogen and oxygen atoms in total. The van der Waals surface area contributed by atoms with Crippen LogP contribution in [0.5, 0.6) is 0 Å². The highest BCUT2D eigenvalue weighted by Crippen LogP contribution is 2.34. The Morgan fingerprint density at radius 2 is 1.83 bits per heavy atom. The standard InChI is InChI=1S/C21H30N4O3S/c1-14-5-8-20(25-11-9-24(4)10-12-25)19-13-17(6-7-18(14)19)23-29(26,27)21-15(2)22-28-16(21)3/h5,8,17,23H,6-7,9-13H2,1-4H3/t17-/m1/s1. The van der Waals surface area contributed by atoms with Gasteiger partial charge in [0.05, 0.1) is 0 Å². The molecular formula is C21H30N4O3S. The smallest absolute Gasteiger partial charge is 0.246 e. The van der Waals surface area contributed by atoms with E-state index in [4.69, 9.17) is 4.52 Å². The summed E-state index contributed by atoms with van der Waals surface area (Å²) in [6.45, 7) is 9.55. The summed E-state index contributed by atoms with van der Waals surface area (Å²) in [5.41, 5.74) is 5.64. The summed E-state index contributed by atoms with van der Waals surface area (Å²) in [6.07, 6.45) is 2.39. The highest BCUT2D eigenvalue weighted by atomic mass is 32.2. The Bertz CT molecular complexity index is 988. The van der Waals surface area contributed by atoms with Gasteiger partial charge in [-0.15, -0.1) is 0 Å². The van der Waals surface area contributed by atoms with Crippen molar-refractivity contribution in [2.45, 2.75) is 51.0 Å². The third-order valence-electron chi connectivity index (χ3n) is 6.24. The fraction of sp³-hybridized carbons (Fsp3) is 0.571. The van der Waals surface area contributed by atoms with Gasteiger partial charge < -0.3 is 14.3 Å². The molecule has 2 heterocycles. The van der Waals surface area contributed by atoms with Crippen LogP contribution in [0.4, 0.5) is 5.69 Å². The van der Waals surface area contributed by atoms with E-state index in [2.05, 4.69) is 45.8 Å². The molecule has 0 saturated carbocycles. The van der Waals surface area contributed by atoms with Gasteiger partial charge in [0.2, 0.25) is 10.0 Å². The number of likely N-dealkylation sites (N-methyl/N-ethyl adjacent to an activating group) is 1. The maximum atomic E-state index is 13.0. The van der Waals surface area contributed by atoms with Crippen LogP contribution in [-0.4, -0.2) is 57.7 Å². The number of aryl methyl sites for hydroxylation is 3.